The Morgan fingerprint density at radius 3 is 3.06 bits per heavy atom. The third kappa shape index (κ3) is 2.41. The molecule has 0 bridgehead atoms. The Kier molecular flexibility index (Phi) is 3.58. The number of nitrogens with zero attached hydrogens (tertiary/aromatic N) is 4. The van der Waals surface area contributed by atoms with E-state index in [-0.39, 0.29) is 0 Å². The van der Waals surface area contributed by atoms with Gasteiger partial charge in [-0.15, -0.1) is 5.10 Å². The molecule has 0 spiro atoms. The molecular weight excluding hydrogens is 230 g/mol. The number of morpholine rings is 1. The molecule has 1 fully saturated rings. The van der Waals surface area contributed by atoms with E-state index in [4.69, 9.17) is 4.74 Å². The van der Waals surface area contributed by atoms with Crippen molar-refractivity contribution in [1.82, 2.24) is 25.2 Å². The summed E-state index contributed by atoms with van der Waals surface area (Å²) in [6, 6.07) is 0.387. The first-order chi connectivity index (χ1) is 8.84. The predicted molar refractivity (Wildman–Crippen MR) is 67.4 cm³/mol. The summed E-state index contributed by atoms with van der Waals surface area (Å²) in [7, 11) is 0. The molecule has 100 valence electrons. The van der Waals surface area contributed by atoms with Gasteiger partial charge >= 0.3 is 0 Å². The summed E-state index contributed by atoms with van der Waals surface area (Å²) in [5.74, 6) is 0. The molecule has 0 saturated carbocycles. The zero-order valence-corrected chi connectivity index (χ0v) is 10.9. The quantitative estimate of drug-likeness (QED) is 0.807. The molecule has 6 heteroatoms. The fourth-order valence-corrected chi connectivity index (χ4v) is 2.74. The number of hydrogen-bond acceptors (Lipinski definition) is 5. The zero-order chi connectivity index (χ0) is 12.4. The van der Waals surface area contributed by atoms with Crippen LogP contribution in [0.2, 0.25) is 0 Å². The van der Waals surface area contributed by atoms with Crippen molar-refractivity contribution in [2.24, 2.45) is 0 Å². The van der Waals surface area contributed by atoms with E-state index in [1.165, 1.54) is 5.69 Å². The lowest BCUT2D eigenvalue weighted by Gasteiger charge is -2.29. The summed E-state index contributed by atoms with van der Waals surface area (Å²) in [4.78, 5) is 2.45. The van der Waals surface area contributed by atoms with Crippen molar-refractivity contribution in [3.63, 3.8) is 0 Å². The number of fused-ring (bicyclic) bond motifs is 1. The van der Waals surface area contributed by atoms with Crippen LogP contribution in [0.1, 0.15) is 24.4 Å². The smallest absolute Gasteiger partial charge is 0.0997 e. The highest BCUT2D eigenvalue weighted by molar-refractivity contribution is 5.14. The second-order valence-corrected chi connectivity index (χ2v) is 5.12. The molecule has 1 N–H and O–H groups in total. The van der Waals surface area contributed by atoms with Gasteiger partial charge in [0.05, 0.1) is 30.6 Å². The summed E-state index contributed by atoms with van der Waals surface area (Å²) in [6.07, 6.45) is 1.04. The third-order valence-electron chi connectivity index (χ3n) is 3.75. The van der Waals surface area contributed by atoms with Crippen molar-refractivity contribution in [3.8, 4) is 0 Å². The topological polar surface area (TPSA) is 55.2 Å². The van der Waals surface area contributed by atoms with Crippen molar-refractivity contribution >= 4 is 0 Å². The number of hydrogen-bond donors (Lipinski definition) is 1. The van der Waals surface area contributed by atoms with Gasteiger partial charge < -0.3 is 10.1 Å². The minimum absolute atomic E-state index is 0.387. The Balaban J connectivity index is 1.67. The Morgan fingerprint density at radius 1 is 1.39 bits per heavy atom. The first kappa shape index (κ1) is 12.1. The normalized spacial score (nSPS) is 22.7. The standard InChI is InChI=1S/C12H21N5O/c1-10(9-16-4-6-18-7-5-16)17-12-2-3-13-8-11(12)14-15-17/h10,13H,2-9H2,1H3. The Morgan fingerprint density at radius 2 is 2.22 bits per heavy atom. The van der Waals surface area contributed by atoms with Crippen LogP contribution in [0.25, 0.3) is 0 Å². The summed E-state index contributed by atoms with van der Waals surface area (Å²) < 4.78 is 7.49. The molecule has 18 heavy (non-hydrogen) atoms. The van der Waals surface area contributed by atoms with E-state index in [1.807, 2.05) is 0 Å². The Bertz CT molecular complexity index is 399. The average molecular weight is 251 g/mol. The number of rotatable bonds is 3. The van der Waals surface area contributed by atoms with Gasteiger partial charge in [0.1, 0.15) is 0 Å². The van der Waals surface area contributed by atoms with E-state index in [2.05, 4.69) is 32.1 Å². The van der Waals surface area contributed by atoms with Gasteiger partial charge in [-0.25, -0.2) is 4.68 Å². The maximum atomic E-state index is 5.38. The van der Waals surface area contributed by atoms with Crippen molar-refractivity contribution in [2.75, 3.05) is 39.4 Å². The molecule has 1 atom stereocenters. The SMILES string of the molecule is CC(CN1CCOCC1)n1nnc2c1CCNC2. The largest absolute Gasteiger partial charge is 0.379 e. The highest BCUT2D eigenvalue weighted by Crippen LogP contribution is 2.16. The lowest BCUT2D eigenvalue weighted by molar-refractivity contribution is 0.0316. The summed E-state index contributed by atoms with van der Waals surface area (Å²) in [6.45, 7) is 8.92. The summed E-state index contributed by atoms with van der Waals surface area (Å²) in [5, 5.41) is 11.9. The number of nitrogens with one attached hydrogen (secondary N) is 1. The monoisotopic (exact) mass is 251 g/mol. The van der Waals surface area contributed by atoms with Gasteiger partial charge in [-0.2, -0.15) is 0 Å². The molecule has 0 aromatic carbocycles. The first-order valence-electron chi connectivity index (χ1n) is 6.78. The number of ether oxygens (including phenoxy) is 1. The zero-order valence-electron chi connectivity index (χ0n) is 10.9. The summed E-state index contributed by atoms with van der Waals surface area (Å²) >= 11 is 0. The lowest BCUT2D eigenvalue weighted by Crippen LogP contribution is -2.40. The van der Waals surface area contributed by atoms with Gasteiger partial charge in [0.2, 0.25) is 0 Å². The van der Waals surface area contributed by atoms with E-state index in [9.17, 15) is 0 Å². The van der Waals surface area contributed by atoms with Gasteiger partial charge in [-0.1, -0.05) is 5.21 Å². The molecule has 2 aliphatic rings. The minimum atomic E-state index is 0.387. The third-order valence-corrected chi connectivity index (χ3v) is 3.75. The van der Waals surface area contributed by atoms with E-state index in [0.29, 0.717) is 6.04 Å². The molecule has 0 aliphatic carbocycles. The Hall–Kier alpha value is -0.980. The number of aromatic nitrogens is 3. The van der Waals surface area contributed by atoms with Gasteiger partial charge in [-0.3, -0.25) is 4.90 Å². The summed E-state index contributed by atoms with van der Waals surface area (Å²) in [5.41, 5.74) is 2.43. The van der Waals surface area contributed by atoms with Gasteiger partial charge in [-0.05, 0) is 6.92 Å². The molecule has 1 saturated heterocycles. The van der Waals surface area contributed by atoms with Crippen molar-refractivity contribution in [1.29, 1.82) is 0 Å². The van der Waals surface area contributed by atoms with E-state index < -0.39 is 0 Å². The fourth-order valence-electron chi connectivity index (χ4n) is 2.74. The Labute approximate surface area is 107 Å². The second kappa shape index (κ2) is 5.34. The van der Waals surface area contributed by atoms with Gasteiger partial charge in [0.15, 0.2) is 0 Å². The molecule has 3 rings (SSSR count). The van der Waals surface area contributed by atoms with Crippen LogP contribution in [-0.4, -0.2) is 59.3 Å². The molecule has 1 aromatic heterocycles. The molecule has 2 aliphatic heterocycles. The van der Waals surface area contributed by atoms with Gasteiger partial charge in [0, 0.05) is 39.1 Å². The van der Waals surface area contributed by atoms with Crippen molar-refractivity contribution < 1.29 is 4.74 Å². The van der Waals surface area contributed by atoms with Crippen LogP contribution < -0.4 is 5.32 Å². The maximum Gasteiger partial charge on any atom is 0.0997 e. The molecule has 3 heterocycles. The van der Waals surface area contributed by atoms with Crippen LogP contribution in [0.15, 0.2) is 0 Å². The second-order valence-electron chi connectivity index (χ2n) is 5.12. The van der Waals surface area contributed by atoms with Crippen molar-refractivity contribution in [2.45, 2.75) is 25.9 Å². The minimum Gasteiger partial charge on any atom is -0.379 e. The van der Waals surface area contributed by atoms with Crippen LogP contribution >= 0.6 is 0 Å². The molecule has 0 amide bonds. The molecule has 0 radical (unpaired) electrons. The van der Waals surface area contributed by atoms with E-state index >= 15 is 0 Å². The predicted octanol–water partition coefficient (Wildman–Crippen LogP) is -0.183. The van der Waals surface area contributed by atoms with Crippen LogP contribution in [0, 0.1) is 0 Å². The van der Waals surface area contributed by atoms with E-state index in [1.54, 1.807) is 0 Å². The fraction of sp³-hybridized carbons (Fsp3) is 0.833. The lowest BCUT2D eigenvalue weighted by atomic mass is 10.1. The van der Waals surface area contributed by atoms with Crippen molar-refractivity contribution in [3.05, 3.63) is 11.4 Å². The first-order valence-corrected chi connectivity index (χ1v) is 6.78. The van der Waals surface area contributed by atoms with Crippen LogP contribution in [-0.2, 0) is 17.7 Å². The van der Waals surface area contributed by atoms with E-state index in [0.717, 1.165) is 58.1 Å². The van der Waals surface area contributed by atoms with Crippen LogP contribution in [0.4, 0.5) is 0 Å². The highest BCUT2D eigenvalue weighted by Gasteiger charge is 2.21. The molecule has 6 nitrogen and oxygen atoms in total. The van der Waals surface area contributed by atoms with Crippen LogP contribution in [0.5, 0.6) is 0 Å². The molecule has 1 unspecified atom stereocenters. The molecular formula is C12H21N5O. The van der Waals surface area contributed by atoms with Crippen LogP contribution in [0.3, 0.4) is 0 Å². The highest BCUT2D eigenvalue weighted by atomic mass is 16.5. The molecule has 1 aromatic rings. The van der Waals surface area contributed by atoms with Gasteiger partial charge in [0.25, 0.3) is 0 Å². The average Bonchev–Trinajstić information content (AvgIpc) is 2.84. The maximum absolute atomic E-state index is 5.38.